The number of hydrogen-bond donors (Lipinski definition) is 1. The number of carbonyl (C=O) groups excluding carboxylic acids is 1. The number of nitrogens with zero attached hydrogens (tertiary/aromatic N) is 2. The lowest BCUT2D eigenvalue weighted by atomic mass is 9.97. The summed E-state index contributed by atoms with van der Waals surface area (Å²) in [5.74, 6) is -0.529. The fourth-order valence-electron chi connectivity index (χ4n) is 4.12. The maximum atomic E-state index is 12.9. The van der Waals surface area contributed by atoms with Gasteiger partial charge >= 0.3 is 0 Å². The van der Waals surface area contributed by atoms with Gasteiger partial charge in [-0.1, -0.05) is 38.1 Å². The average molecular weight is 508 g/mol. The normalized spacial score (nSPS) is 16.0. The summed E-state index contributed by atoms with van der Waals surface area (Å²) >= 11 is 0. The number of rotatable bonds is 9. The summed E-state index contributed by atoms with van der Waals surface area (Å²) in [5, 5.41) is 2.83. The standard InChI is InChI=1S/C24H33N3O5S2/c1-4-26(5-2)34(31,32)23-12-10-22(11-13-23)25-24(28)20-14-16-27(17-15-20)33(29,30)18-21-9-7-6-8-19(21)3/h6-13,20H,4-5,14-18H2,1-3H3,(H,25,28). The third-order valence-corrected chi connectivity index (χ3v) is 10.2. The van der Waals surface area contributed by atoms with Crippen molar-refractivity contribution in [1.82, 2.24) is 8.61 Å². The molecule has 0 saturated carbocycles. The van der Waals surface area contributed by atoms with Crippen molar-refractivity contribution < 1.29 is 21.6 Å². The molecule has 10 heteroatoms. The predicted octanol–water partition coefficient (Wildman–Crippen LogP) is 3.21. The Kier molecular flexibility index (Phi) is 8.51. The molecule has 1 N–H and O–H groups in total. The summed E-state index contributed by atoms with van der Waals surface area (Å²) in [7, 11) is -7.01. The van der Waals surface area contributed by atoms with E-state index in [4.69, 9.17) is 0 Å². The fraction of sp³-hybridized carbons (Fsp3) is 0.458. The van der Waals surface area contributed by atoms with Crippen LogP contribution in [0.1, 0.15) is 37.8 Å². The van der Waals surface area contributed by atoms with Gasteiger partial charge in [0.25, 0.3) is 0 Å². The van der Waals surface area contributed by atoms with E-state index < -0.39 is 20.0 Å². The Morgan fingerprint density at radius 1 is 0.971 bits per heavy atom. The molecule has 0 spiro atoms. The number of piperidine rings is 1. The number of amides is 1. The molecule has 2 aromatic rings. The summed E-state index contributed by atoms with van der Waals surface area (Å²) in [6.07, 6.45) is 0.876. The maximum absolute atomic E-state index is 12.9. The Hall–Kier alpha value is -2.27. The van der Waals surface area contributed by atoms with Crippen LogP contribution in [-0.4, -0.2) is 57.5 Å². The second-order valence-corrected chi connectivity index (χ2v) is 12.4. The molecule has 0 bridgehead atoms. The SMILES string of the molecule is CCN(CC)S(=O)(=O)c1ccc(NC(=O)C2CCN(S(=O)(=O)Cc3ccccc3C)CC2)cc1. The molecule has 34 heavy (non-hydrogen) atoms. The highest BCUT2D eigenvalue weighted by molar-refractivity contribution is 7.89. The van der Waals surface area contributed by atoms with Gasteiger partial charge in [-0.3, -0.25) is 4.79 Å². The third-order valence-electron chi connectivity index (χ3n) is 6.28. The monoisotopic (exact) mass is 507 g/mol. The van der Waals surface area contributed by atoms with Crippen LogP contribution in [-0.2, 0) is 30.6 Å². The highest BCUT2D eigenvalue weighted by atomic mass is 32.2. The Bertz CT molecular complexity index is 1200. The highest BCUT2D eigenvalue weighted by Gasteiger charge is 2.31. The lowest BCUT2D eigenvalue weighted by Gasteiger charge is -2.30. The zero-order chi connectivity index (χ0) is 24.9. The summed E-state index contributed by atoms with van der Waals surface area (Å²) in [4.78, 5) is 12.9. The van der Waals surface area contributed by atoms with Crippen LogP contribution in [0, 0.1) is 12.8 Å². The van der Waals surface area contributed by atoms with Crippen molar-refractivity contribution in [3.05, 3.63) is 59.7 Å². The first-order valence-electron chi connectivity index (χ1n) is 11.5. The van der Waals surface area contributed by atoms with Gasteiger partial charge in [0.1, 0.15) is 0 Å². The molecule has 2 aromatic carbocycles. The molecule has 186 valence electrons. The van der Waals surface area contributed by atoms with Crippen molar-refractivity contribution in [1.29, 1.82) is 0 Å². The molecule has 1 saturated heterocycles. The summed E-state index contributed by atoms with van der Waals surface area (Å²) in [5.41, 5.74) is 2.24. The minimum Gasteiger partial charge on any atom is -0.326 e. The molecule has 1 fully saturated rings. The van der Waals surface area contributed by atoms with Crippen molar-refractivity contribution in [2.45, 2.75) is 44.3 Å². The van der Waals surface area contributed by atoms with Crippen molar-refractivity contribution in [3.63, 3.8) is 0 Å². The quantitative estimate of drug-likeness (QED) is 0.561. The Balaban J connectivity index is 1.57. The van der Waals surface area contributed by atoms with Crippen LogP contribution in [0.4, 0.5) is 5.69 Å². The minimum atomic E-state index is -3.55. The highest BCUT2D eigenvalue weighted by Crippen LogP contribution is 2.24. The second kappa shape index (κ2) is 11.0. The number of nitrogens with one attached hydrogen (secondary N) is 1. The van der Waals surface area contributed by atoms with Crippen molar-refractivity contribution in [2.24, 2.45) is 5.92 Å². The van der Waals surface area contributed by atoms with Crippen molar-refractivity contribution in [2.75, 3.05) is 31.5 Å². The zero-order valence-corrected chi connectivity index (χ0v) is 21.5. The topological polar surface area (TPSA) is 104 Å². The van der Waals surface area contributed by atoms with Gasteiger partial charge in [0.15, 0.2) is 0 Å². The molecule has 0 unspecified atom stereocenters. The van der Waals surface area contributed by atoms with E-state index in [-0.39, 0.29) is 22.5 Å². The molecule has 0 aromatic heterocycles. The molecule has 1 aliphatic rings. The van der Waals surface area contributed by atoms with E-state index in [1.807, 2.05) is 31.2 Å². The molecular weight excluding hydrogens is 474 g/mol. The largest absolute Gasteiger partial charge is 0.326 e. The van der Waals surface area contributed by atoms with E-state index in [1.54, 1.807) is 26.0 Å². The van der Waals surface area contributed by atoms with Crippen LogP contribution < -0.4 is 5.32 Å². The fourth-order valence-corrected chi connectivity index (χ4v) is 7.25. The number of anilines is 1. The molecule has 1 heterocycles. The van der Waals surface area contributed by atoms with Gasteiger partial charge in [-0.2, -0.15) is 4.31 Å². The molecule has 0 atom stereocenters. The summed E-state index contributed by atoms with van der Waals surface area (Å²) in [6.45, 7) is 6.84. The summed E-state index contributed by atoms with van der Waals surface area (Å²) < 4.78 is 53.8. The smallest absolute Gasteiger partial charge is 0.243 e. The molecule has 8 nitrogen and oxygen atoms in total. The van der Waals surface area contributed by atoms with Crippen LogP contribution in [0.2, 0.25) is 0 Å². The average Bonchev–Trinajstić information content (AvgIpc) is 2.81. The van der Waals surface area contributed by atoms with Gasteiger partial charge in [0.2, 0.25) is 26.0 Å². The van der Waals surface area contributed by atoms with Gasteiger partial charge in [-0.15, -0.1) is 0 Å². The van der Waals surface area contributed by atoms with Gasteiger partial charge in [0, 0.05) is 37.8 Å². The Morgan fingerprint density at radius 3 is 2.12 bits per heavy atom. The van der Waals surface area contributed by atoms with E-state index in [9.17, 15) is 21.6 Å². The van der Waals surface area contributed by atoms with E-state index in [0.717, 1.165) is 11.1 Å². The predicted molar refractivity (Wildman–Crippen MR) is 133 cm³/mol. The number of carbonyl (C=O) groups is 1. The van der Waals surface area contributed by atoms with E-state index in [0.29, 0.717) is 44.7 Å². The minimum absolute atomic E-state index is 0.0424. The number of hydrogen-bond acceptors (Lipinski definition) is 5. The first kappa shape index (κ1) is 26.3. The lowest BCUT2D eigenvalue weighted by molar-refractivity contribution is -0.120. The molecular formula is C24H33N3O5S2. The number of sulfonamides is 2. The van der Waals surface area contributed by atoms with E-state index in [1.165, 1.54) is 20.7 Å². The van der Waals surface area contributed by atoms with Gasteiger partial charge in [-0.05, 0) is 55.2 Å². The first-order valence-corrected chi connectivity index (χ1v) is 14.6. The second-order valence-electron chi connectivity index (χ2n) is 8.46. The molecule has 1 amide bonds. The van der Waals surface area contributed by atoms with Gasteiger partial charge in [0.05, 0.1) is 10.6 Å². The number of benzene rings is 2. The molecule has 1 aliphatic heterocycles. The van der Waals surface area contributed by atoms with Crippen LogP contribution in [0.15, 0.2) is 53.4 Å². The van der Waals surface area contributed by atoms with Gasteiger partial charge < -0.3 is 5.32 Å². The lowest BCUT2D eigenvalue weighted by Crippen LogP contribution is -2.42. The molecule has 3 rings (SSSR count). The Labute approximate surface area is 203 Å². The van der Waals surface area contributed by atoms with Crippen molar-refractivity contribution in [3.8, 4) is 0 Å². The van der Waals surface area contributed by atoms with Crippen LogP contribution in [0.25, 0.3) is 0 Å². The number of aryl methyl sites for hydroxylation is 1. The van der Waals surface area contributed by atoms with E-state index in [2.05, 4.69) is 5.32 Å². The van der Waals surface area contributed by atoms with E-state index >= 15 is 0 Å². The molecule has 0 aliphatic carbocycles. The maximum Gasteiger partial charge on any atom is 0.243 e. The first-order chi connectivity index (χ1) is 16.1. The van der Waals surface area contributed by atoms with Crippen LogP contribution in [0.3, 0.4) is 0 Å². The van der Waals surface area contributed by atoms with Gasteiger partial charge in [-0.25, -0.2) is 21.1 Å². The Morgan fingerprint density at radius 2 is 1.56 bits per heavy atom. The van der Waals surface area contributed by atoms with Crippen LogP contribution >= 0.6 is 0 Å². The van der Waals surface area contributed by atoms with Crippen LogP contribution in [0.5, 0.6) is 0 Å². The zero-order valence-electron chi connectivity index (χ0n) is 19.9. The molecule has 0 radical (unpaired) electrons. The van der Waals surface area contributed by atoms with Crippen molar-refractivity contribution >= 4 is 31.6 Å². The third kappa shape index (κ3) is 6.04. The summed E-state index contributed by atoms with van der Waals surface area (Å²) in [6, 6.07) is 13.6.